The van der Waals surface area contributed by atoms with Crippen molar-refractivity contribution >= 4 is 5.82 Å². The molecule has 1 heterocycles. The summed E-state index contributed by atoms with van der Waals surface area (Å²) in [7, 11) is 0. The normalized spacial score (nSPS) is 19.3. The zero-order valence-electron chi connectivity index (χ0n) is 8.84. The molecule has 0 saturated heterocycles. The van der Waals surface area contributed by atoms with Crippen molar-refractivity contribution in [2.24, 2.45) is 5.73 Å². The van der Waals surface area contributed by atoms with Gasteiger partial charge in [0.05, 0.1) is 11.1 Å². The number of nitrogens with two attached hydrogens (primary N) is 2. The molecule has 0 bridgehead atoms. The van der Waals surface area contributed by atoms with E-state index in [-0.39, 0.29) is 11.4 Å². The molecule has 5 nitrogen and oxygen atoms in total. The number of nitrogens with one attached hydrogen (secondary N) is 1. The van der Waals surface area contributed by atoms with E-state index in [1.54, 1.807) is 6.92 Å². The van der Waals surface area contributed by atoms with Crippen molar-refractivity contribution in [3.63, 3.8) is 0 Å². The summed E-state index contributed by atoms with van der Waals surface area (Å²) in [5.41, 5.74) is 11.6. The second kappa shape index (κ2) is 3.34. The standard InChI is InChI=1S/C10H16N4O/c1-6-7(11)13-9(14-8(6)15)10(12)4-2-3-5-10/h2-5,12H2,1H3,(H3,11,13,14,15). The fraction of sp³-hybridized carbons (Fsp3) is 0.600. The van der Waals surface area contributed by atoms with E-state index in [1.807, 2.05) is 0 Å². The Morgan fingerprint density at radius 2 is 2.00 bits per heavy atom. The van der Waals surface area contributed by atoms with Crippen LogP contribution in [0.5, 0.6) is 0 Å². The summed E-state index contributed by atoms with van der Waals surface area (Å²) in [6.07, 6.45) is 3.87. The smallest absolute Gasteiger partial charge is 0.255 e. The van der Waals surface area contributed by atoms with Crippen molar-refractivity contribution in [1.82, 2.24) is 9.97 Å². The largest absolute Gasteiger partial charge is 0.383 e. The molecule has 1 fully saturated rings. The zero-order chi connectivity index (χ0) is 11.1. The molecule has 1 aromatic rings. The summed E-state index contributed by atoms with van der Waals surface area (Å²) in [6, 6.07) is 0. The van der Waals surface area contributed by atoms with Crippen LogP contribution >= 0.6 is 0 Å². The lowest BCUT2D eigenvalue weighted by molar-refractivity contribution is 0.430. The highest BCUT2D eigenvalue weighted by atomic mass is 16.1. The van der Waals surface area contributed by atoms with E-state index in [2.05, 4.69) is 9.97 Å². The maximum atomic E-state index is 11.5. The van der Waals surface area contributed by atoms with Crippen LogP contribution < -0.4 is 17.0 Å². The molecular weight excluding hydrogens is 192 g/mol. The SMILES string of the molecule is Cc1c(N)nc(C2(N)CCCC2)[nH]c1=O. The van der Waals surface area contributed by atoms with Gasteiger partial charge in [-0.1, -0.05) is 12.8 Å². The number of anilines is 1. The van der Waals surface area contributed by atoms with Crippen LogP contribution in [0.25, 0.3) is 0 Å². The summed E-state index contributed by atoms with van der Waals surface area (Å²) in [4.78, 5) is 18.4. The predicted molar refractivity (Wildman–Crippen MR) is 58.3 cm³/mol. The lowest BCUT2D eigenvalue weighted by Gasteiger charge is -2.22. The second-order valence-corrected chi connectivity index (χ2v) is 4.29. The van der Waals surface area contributed by atoms with Crippen LogP contribution in [0.1, 0.15) is 37.1 Å². The van der Waals surface area contributed by atoms with Gasteiger partial charge in [0.2, 0.25) is 0 Å². The van der Waals surface area contributed by atoms with E-state index in [0.717, 1.165) is 25.7 Å². The van der Waals surface area contributed by atoms with E-state index in [0.29, 0.717) is 11.4 Å². The Balaban J connectivity index is 2.50. The molecule has 0 unspecified atom stereocenters. The van der Waals surface area contributed by atoms with Gasteiger partial charge in [-0.3, -0.25) is 4.79 Å². The molecule has 1 aromatic heterocycles. The minimum atomic E-state index is -0.485. The molecule has 82 valence electrons. The first kappa shape index (κ1) is 10.2. The van der Waals surface area contributed by atoms with E-state index >= 15 is 0 Å². The molecule has 15 heavy (non-hydrogen) atoms. The van der Waals surface area contributed by atoms with Crippen LogP contribution in [0.4, 0.5) is 5.82 Å². The maximum absolute atomic E-state index is 11.5. The average molecular weight is 208 g/mol. The van der Waals surface area contributed by atoms with Crippen LogP contribution in [0.2, 0.25) is 0 Å². The molecule has 0 spiro atoms. The van der Waals surface area contributed by atoms with Gasteiger partial charge in [0.1, 0.15) is 11.6 Å². The van der Waals surface area contributed by atoms with Crippen LogP contribution in [-0.4, -0.2) is 9.97 Å². The van der Waals surface area contributed by atoms with Crippen molar-refractivity contribution in [3.05, 3.63) is 21.7 Å². The quantitative estimate of drug-likeness (QED) is 0.621. The van der Waals surface area contributed by atoms with E-state index < -0.39 is 5.54 Å². The molecule has 1 aliphatic rings. The Labute approximate surface area is 87.9 Å². The topological polar surface area (TPSA) is 97.8 Å². The number of aromatic amines is 1. The average Bonchev–Trinajstić information content (AvgIpc) is 2.62. The molecule has 5 heteroatoms. The van der Waals surface area contributed by atoms with Gasteiger partial charge >= 0.3 is 0 Å². The zero-order valence-corrected chi connectivity index (χ0v) is 8.84. The number of hydrogen-bond acceptors (Lipinski definition) is 4. The van der Waals surface area contributed by atoms with Gasteiger partial charge in [-0.2, -0.15) is 0 Å². The van der Waals surface area contributed by atoms with Gasteiger partial charge < -0.3 is 16.5 Å². The van der Waals surface area contributed by atoms with Crippen LogP contribution in [0.15, 0.2) is 4.79 Å². The molecule has 1 saturated carbocycles. The summed E-state index contributed by atoms with van der Waals surface area (Å²) < 4.78 is 0. The minimum absolute atomic E-state index is 0.186. The monoisotopic (exact) mass is 208 g/mol. The molecule has 0 aromatic carbocycles. The number of aromatic nitrogens is 2. The predicted octanol–water partition coefficient (Wildman–Crippen LogP) is 0.389. The van der Waals surface area contributed by atoms with Gasteiger partial charge in [-0.25, -0.2) is 4.98 Å². The van der Waals surface area contributed by atoms with Crippen molar-refractivity contribution in [2.75, 3.05) is 5.73 Å². The molecule has 2 rings (SSSR count). The van der Waals surface area contributed by atoms with Crippen LogP contribution in [0.3, 0.4) is 0 Å². The molecule has 5 N–H and O–H groups in total. The highest BCUT2D eigenvalue weighted by molar-refractivity contribution is 5.37. The highest BCUT2D eigenvalue weighted by Crippen LogP contribution is 2.34. The third-order valence-corrected chi connectivity index (χ3v) is 3.16. The number of hydrogen-bond donors (Lipinski definition) is 3. The van der Waals surface area contributed by atoms with Gasteiger partial charge in [-0.05, 0) is 19.8 Å². The van der Waals surface area contributed by atoms with Crippen molar-refractivity contribution in [2.45, 2.75) is 38.1 Å². The number of nitrogens with zero attached hydrogens (tertiary/aromatic N) is 1. The summed E-state index contributed by atoms with van der Waals surface area (Å²) in [5.74, 6) is 0.818. The Bertz CT molecular complexity index is 432. The molecule has 0 radical (unpaired) electrons. The molecule has 0 atom stereocenters. The highest BCUT2D eigenvalue weighted by Gasteiger charge is 2.34. The van der Waals surface area contributed by atoms with E-state index in [1.165, 1.54) is 0 Å². The van der Waals surface area contributed by atoms with Crippen LogP contribution in [-0.2, 0) is 5.54 Å². The third-order valence-electron chi connectivity index (χ3n) is 3.16. The van der Waals surface area contributed by atoms with Crippen molar-refractivity contribution in [3.8, 4) is 0 Å². The van der Waals surface area contributed by atoms with Crippen molar-refractivity contribution < 1.29 is 0 Å². The molecule has 1 aliphatic carbocycles. The first-order valence-corrected chi connectivity index (χ1v) is 5.19. The molecule has 0 amide bonds. The lowest BCUT2D eigenvalue weighted by Crippen LogP contribution is -2.37. The fourth-order valence-electron chi connectivity index (χ4n) is 2.03. The van der Waals surface area contributed by atoms with Gasteiger partial charge in [0.15, 0.2) is 0 Å². The van der Waals surface area contributed by atoms with Crippen LogP contribution in [0, 0.1) is 6.92 Å². The lowest BCUT2D eigenvalue weighted by atomic mass is 9.98. The van der Waals surface area contributed by atoms with Gasteiger partial charge in [0, 0.05) is 0 Å². The summed E-state index contributed by atoms with van der Waals surface area (Å²) in [5, 5.41) is 0. The Morgan fingerprint density at radius 3 is 2.53 bits per heavy atom. The Morgan fingerprint density at radius 1 is 1.40 bits per heavy atom. The Hall–Kier alpha value is -1.36. The number of rotatable bonds is 1. The maximum Gasteiger partial charge on any atom is 0.255 e. The number of nitrogen functional groups attached to an aromatic ring is 1. The summed E-state index contributed by atoms with van der Waals surface area (Å²) >= 11 is 0. The number of H-pyrrole nitrogens is 1. The van der Waals surface area contributed by atoms with Gasteiger partial charge in [-0.15, -0.1) is 0 Å². The second-order valence-electron chi connectivity index (χ2n) is 4.29. The minimum Gasteiger partial charge on any atom is -0.383 e. The van der Waals surface area contributed by atoms with E-state index in [9.17, 15) is 4.79 Å². The van der Waals surface area contributed by atoms with E-state index in [4.69, 9.17) is 11.5 Å². The first-order chi connectivity index (χ1) is 7.03. The third kappa shape index (κ3) is 1.63. The van der Waals surface area contributed by atoms with Gasteiger partial charge in [0.25, 0.3) is 5.56 Å². The molecular formula is C10H16N4O. The Kier molecular flexibility index (Phi) is 2.26. The summed E-state index contributed by atoms with van der Waals surface area (Å²) in [6.45, 7) is 1.66. The first-order valence-electron chi connectivity index (χ1n) is 5.19. The molecule has 0 aliphatic heterocycles. The van der Waals surface area contributed by atoms with Crippen molar-refractivity contribution in [1.29, 1.82) is 0 Å². The fourth-order valence-corrected chi connectivity index (χ4v) is 2.03.